The first-order valence-corrected chi connectivity index (χ1v) is 11.3. The molecule has 2 saturated heterocycles. The van der Waals surface area contributed by atoms with Crippen molar-refractivity contribution in [1.29, 1.82) is 0 Å². The molecule has 1 N–H and O–H groups in total. The molecule has 2 bridgehead atoms. The second-order valence-electron chi connectivity index (χ2n) is 11.5. The Labute approximate surface area is 167 Å². The summed E-state index contributed by atoms with van der Waals surface area (Å²) >= 11 is 0. The zero-order chi connectivity index (χ0) is 19.7. The second kappa shape index (κ2) is 5.22. The molecular formula is C23H34O5. The number of aliphatic hydroxyl groups excluding tert-OH is 1. The third-order valence-corrected chi connectivity index (χ3v) is 10.0. The van der Waals surface area contributed by atoms with Crippen LogP contribution in [0.5, 0.6) is 0 Å². The van der Waals surface area contributed by atoms with Crippen molar-refractivity contribution >= 4 is 5.78 Å². The van der Waals surface area contributed by atoms with Crippen LogP contribution in [0, 0.1) is 39.9 Å². The van der Waals surface area contributed by atoms with E-state index in [9.17, 15) is 9.90 Å². The highest BCUT2D eigenvalue weighted by Crippen LogP contribution is 2.75. The summed E-state index contributed by atoms with van der Waals surface area (Å²) in [6, 6.07) is 0. The SMILES string of the molecule is C[C@H]1C(=O)[C@@]23[C@@H]4OC(C)(C)O[C@@H]2C[C@@H]2[C@](C)(CO)CCC[C@]25CO[C@@H](C[C@H]41)[C@@H]53. The molecule has 156 valence electrons. The first-order chi connectivity index (χ1) is 13.2. The summed E-state index contributed by atoms with van der Waals surface area (Å²) in [5.74, 6) is 0.455. The highest BCUT2D eigenvalue weighted by molar-refractivity contribution is 5.92. The Hall–Kier alpha value is -0.490. The molecule has 5 nitrogen and oxygen atoms in total. The van der Waals surface area contributed by atoms with Gasteiger partial charge in [-0.3, -0.25) is 4.79 Å². The Bertz CT molecular complexity index is 735. The minimum atomic E-state index is -0.669. The predicted molar refractivity (Wildman–Crippen MR) is 101 cm³/mol. The van der Waals surface area contributed by atoms with E-state index in [1.807, 2.05) is 13.8 Å². The third-order valence-electron chi connectivity index (χ3n) is 10.0. The zero-order valence-corrected chi connectivity index (χ0v) is 17.6. The fraction of sp³-hybridized carbons (Fsp3) is 0.957. The summed E-state index contributed by atoms with van der Waals surface area (Å²) < 4.78 is 19.7. The average Bonchev–Trinajstić information content (AvgIpc) is 3.07. The number of Topliss-reactive ketones (excluding diaryl/α,β-unsaturated/α-hetero) is 1. The molecule has 4 aliphatic carbocycles. The van der Waals surface area contributed by atoms with E-state index in [2.05, 4.69) is 13.8 Å². The lowest BCUT2D eigenvalue weighted by atomic mass is 9.39. The number of rotatable bonds is 1. The monoisotopic (exact) mass is 390 g/mol. The Morgan fingerprint density at radius 1 is 1.14 bits per heavy atom. The fourth-order valence-corrected chi connectivity index (χ4v) is 9.15. The normalized spacial score (nSPS) is 61.0. The van der Waals surface area contributed by atoms with Crippen LogP contribution in [0.15, 0.2) is 0 Å². The van der Waals surface area contributed by atoms with E-state index >= 15 is 0 Å². The number of ether oxygens (including phenoxy) is 3. The average molecular weight is 391 g/mol. The van der Waals surface area contributed by atoms with Crippen LogP contribution in [0.1, 0.15) is 59.8 Å². The minimum Gasteiger partial charge on any atom is -0.396 e. The van der Waals surface area contributed by atoms with Gasteiger partial charge in [-0.1, -0.05) is 20.3 Å². The summed E-state index contributed by atoms with van der Waals surface area (Å²) in [4.78, 5) is 13.9. The first-order valence-electron chi connectivity index (χ1n) is 11.3. The van der Waals surface area contributed by atoms with Gasteiger partial charge < -0.3 is 19.3 Å². The Morgan fingerprint density at radius 2 is 1.93 bits per heavy atom. The van der Waals surface area contributed by atoms with E-state index in [1.54, 1.807) is 0 Å². The van der Waals surface area contributed by atoms with Gasteiger partial charge in [-0.2, -0.15) is 0 Å². The van der Waals surface area contributed by atoms with Crippen molar-refractivity contribution < 1.29 is 24.1 Å². The van der Waals surface area contributed by atoms with Crippen LogP contribution >= 0.6 is 0 Å². The molecule has 28 heavy (non-hydrogen) atoms. The standard InChI is InChI=1S/C23H34O5/c1-12-13-8-14-17-22(11-26-14)7-5-6-21(4,10-24)15(22)9-16-23(17,18(12)25)19(13)28-20(2,3)27-16/h12-17,19,24H,5-11H2,1-4H3/t12-,13+,14+,15-,16-,17+,19-,21+,22+,23-/m1/s1. The van der Waals surface area contributed by atoms with Gasteiger partial charge in [-0.15, -0.1) is 0 Å². The van der Waals surface area contributed by atoms with E-state index in [0.717, 1.165) is 38.7 Å². The van der Waals surface area contributed by atoms with Crippen molar-refractivity contribution in [3.63, 3.8) is 0 Å². The van der Waals surface area contributed by atoms with Crippen molar-refractivity contribution in [3.05, 3.63) is 0 Å². The Kier molecular flexibility index (Phi) is 3.41. The van der Waals surface area contributed by atoms with Gasteiger partial charge >= 0.3 is 0 Å². The molecule has 6 rings (SSSR count). The lowest BCUT2D eigenvalue weighted by Crippen LogP contribution is -2.73. The second-order valence-corrected chi connectivity index (χ2v) is 11.5. The molecule has 6 fully saturated rings. The largest absolute Gasteiger partial charge is 0.396 e. The molecule has 0 amide bonds. The number of hydrogen-bond donors (Lipinski definition) is 1. The summed E-state index contributed by atoms with van der Waals surface area (Å²) in [7, 11) is 0. The highest BCUT2D eigenvalue weighted by atomic mass is 16.7. The molecule has 6 aliphatic rings. The smallest absolute Gasteiger partial charge is 0.163 e. The molecule has 10 atom stereocenters. The molecule has 2 aliphatic heterocycles. The Balaban J connectivity index is 1.58. The number of aliphatic hydroxyl groups is 1. The Morgan fingerprint density at radius 3 is 2.68 bits per heavy atom. The van der Waals surface area contributed by atoms with Gasteiger partial charge in [0.25, 0.3) is 0 Å². The number of carbonyl (C=O) groups excluding carboxylic acids is 1. The van der Waals surface area contributed by atoms with Gasteiger partial charge in [0.05, 0.1) is 30.3 Å². The fourth-order valence-electron chi connectivity index (χ4n) is 9.15. The van der Waals surface area contributed by atoms with E-state index < -0.39 is 11.2 Å². The van der Waals surface area contributed by atoms with Crippen molar-refractivity contribution in [2.24, 2.45) is 39.9 Å². The quantitative estimate of drug-likeness (QED) is 0.746. The molecule has 5 heteroatoms. The maximum atomic E-state index is 13.9. The molecule has 0 radical (unpaired) electrons. The minimum absolute atomic E-state index is 0.0145. The first kappa shape index (κ1) is 18.3. The predicted octanol–water partition coefficient (Wildman–Crippen LogP) is 2.94. The summed E-state index contributed by atoms with van der Waals surface area (Å²) in [6.45, 7) is 9.29. The van der Waals surface area contributed by atoms with Crippen LogP contribution in [0.4, 0.5) is 0 Å². The molecule has 4 saturated carbocycles. The van der Waals surface area contributed by atoms with E-state index in [0.29, 0.717) is 11.7 Å². The van der Waals surface area contributed by atoms with Gasteiger partial charge in [-0.05, 0) is 56.8 Å². The van der Waals surface area contributed by atoms with Gasteiger partial charge in [-0.25, -0.2) is 0 Å². The van der Waals surface area contributed by atoms with Crippen molar-refractivity contribution in [3.8, 4) is 0 Å². The summed E-state index contributed by atoms with van der Waals surface area (Å²) in [5, 5.41) is 10.4. The van der Waals surface area contributed by atoms with Crippen LogP contribution in [-0.2, 0) is 19.0 Å². The zero-order valence-electron chi connectivity index (χ0n) is 17.6. The van der Waals surface area contributed by atoms with Crippen LogP contribution < -0.4 is 0 Å². The van der Waals surface area contributed by atoms with Crippen LogP contribution in [0.2, 0.25) is 0 Å². The molecule has 0 aromatic rings. The number of hydrogen-bond acceptors (Lipinski definition) is 5. The van der Waals surface area contributed by atoms with Gasteiger partial charge in [0.2, 0.25) is 0 Å². The van der Waals surface area contributed by atoms with E-state index in [4.69, 9.17) is 14.2 Å². The van der Waals surface area contributed by atoms with Crippen molar-refractivity contribution in [2.75, 3.05) is 13.2 Å². The molecular weight excluding hydrogens is 356 g/mol. The summed E-state index contributed by atoms with van der Waals surface area (Å²) in [5.41, 5.74) is -0.694. The molecule has 0 unspecified atom stereocenters. The lowest BCUT2D eigenvalue weighted by molar-refractivity contribution is -0.380. The van der Waals surface area contributed by atoms with Crippen molar-refractivity contribution in [2.45, 2.75) is 83.9 Å². The third kappa shape index (κ3) is 1.79. The van der Waals surface area contributed by atoms with Crippen LogP contribution in [-0.4, -0.2) is 48.2 Å². The van der Waals surface area contributed by atoms with E-state index in [1.165, 1.54) is 0 Å². The van der Waals surface area contributed by atoms with Gasteiger partial charge in [0, 0.05) is 23.9 Å². The number of ketones is 1. The number of carbonyl (C=O) groups is 1. The summed E-state index contributed by atoms with van der Waals surface area (Å²) in [6.07, 6.45) is 4.98. The highest BCUT2D eigenvalue weighted by Gasteiger charge is 2.82. The van der Waals surface area contributed by atoms with E-state index in [-0.39, 0.29) is 53.5 Å². The van der Waals surface area contributed by atoms with Crippen LogP contribution in [0.3, 0.4) is 0 Å². The van der Waals surface area contributed by atoms with Crippen LogP contribution in [0.25, 0.3) is 0 Å². The topological polar surface area (TPSA) is 65.0 Å². The molecule has 2 spiro atoms. The molecule has 0 aromatic heterocycles. The van der Waals surface area contributed by atoms with Crippen molar-refractivity contribution in [1.82, 2.24) is 0 Å². The molecule has 2 heterocycles. The molecule has 0 aromatic carbocycles. The lowest BCUT2D eigenvalue weighted by Gasteiger charge is -2.67. The maximum absolute atomic E-state index is 13.9. The van der Waals surface area contributed by atoms with Gasteiger partial charge in [0.1, 0.15) is 5.78 Å². The maximum Gasteiger partial charge on any atom is 0.163 e. The van der Waals surface area contributed by atoms with Gasteiger partial charge in [0.15, 0.2) is 5.79 Å².